The summed E-state index contributed by atoms with van der Waals surface area (Å²) in [5.41, 5.74) is 2.45. The normalized spacial score (nSPS) is 14.5. The van der Waals surface area contributed by atoms with Gasteiger partial charge in [0.15, 0.2) is 0 Å². The first kappa shape index (κ1) is 8.16. The van der Waals surface area contributed by atoms with Gasteiger partial charge in [-0.3, -0.25) is 0 Å². The monoisotopic (exact) mass is 275 g/mol. The summed E-state index contributed by atoms with van der Waals surface area (Å²) in [5, 5.41) is 3.34. The summed E-state index contributed by atoms with van der Waals surface area (Å²) in [6, 6.07) is 4.11. The van der Waals surface area contributed by atoms with Gasteiger partial charge in [0, 0.05) is 10.1 Å². The van der Waals surface area contributed by atoms with Crippen LogP contribution in [0, 0.1) is 10.5 Å². The fourth-order valence-corrected chi connectivity index (χ4v) is 1.79. The van der Waals surface area contributed by atoms with E-state index in [0.29, 0.717) is 0 Å². The number of hydrogen-bond donors (Lipinski definition) is 1. The van der Waals surface area contributed by atoms with Crippen LogP contribution >= 0.6 is 22.6 Å². The van der Waals surface area contributed by atoms with Crippen molar-refractivity contribution < 1.29 is 4.74 Å². The minimum atomic E-state index is 0.771. The van der Waals surface area contributed by atoms with Crippen molar-refractivity contribution in [3.63, 3.8) is 0 Å². The summed E-state index contributed by atoms with van der Waals surface area (Å²) in [6.07, 6.45) is 0. The second kappa shape index (κ2) is 3.12. The second-order valence-corrected chi connectivity index (χ2v) is 3.98. The molecule has 0 amide bonds. The average molecular weight is 275 g/mol. The van der Waals surface area contributed by atoms with E-state index < -0.39 is 0 Å². The van der Waals surface area contributed by atoms with Crippen LogP contribution in [0.1, 0.15) is 5.56 Å². The fraction of sp³-hybridized carbons (Fsp3) is 0.333. The van der Waals surface area contributed by atoms with E-state index in [4.69, 9.17) is 4.74 Å². The van der Waals surface area contributed by atoms with Crippen LogP contribution in [-0.2, 0) is 0 Å². The molecule has 1 aliphatic heterocycles. The molecule has 64 valence electrons. The lowest BCUT2D eigenvalue weighted by Crippen LogP contribution is -2.19. The van der Waals surface area contributed by atoms with E-state index in [1.54, 1.807) is 0 Å². The number of nitrogens with one attached hydrogen (secondary N) is 1. The van der Waals surface area contributed by atoms with Crippen molar-refractivity contribution in [3.8, 4) is 5.75 Å². The summed E-state index contributed by atoms with van der Waals surface area (Å²) in [5.74, 6) is 0.985. The van der Waals surface area contributed by atoms with Crippen LogP contribution in [0.15, 0.2) is 12.1 Å². The number of anilines is 1. The van der Waals surface area contributed by atoms with E-state index >= 15 is 0 Å². The fourth-order valence-electron chi connectivity index (χ4n) is 1.34. The van der Waals surface area contributed by atoms with Gasteiger partial charge in [-0.15, -0.1) is 0 Å². The smallest absolute Gasteiger partial charge is 0.142 e. The minimum absolute atomic E-state index is 0.771. The Kier molecular flexibility index (Phi) is 2.12. The summed E-state index contributed by atoms with van der Waals surface area (Å²) >= 11 is 2.33. The summed E-state index contributed by atoms with van der Waals surface area (Å²) in [6.45, 7) is 3.79. The molecule has 2 rings (SSSR count). The Bertz CT molecular complexity index is 312. The Morgan fingerprint density at radius 1 is 1.50 bits per heavy atom. The molecule has 12 heavy (non-hydrogen) atoms. The average Bonchev–Trinajstić information content (AvgIpc) is 2.12. The number of rotatable bonds is 0. The lowest BCUT2D eigenvalue weighted by molar-refractivity contribution is 0.323. The van der Waals surface area contributed by atoms with Crippen molar-refractivity contribution in [2.45, 2.75) is 6.92 Å². The van der Waals surface area contributed by atoms with Crippen LogP contribution in [0.4, 0.5) is 5.69 Å². The van der Waals surface area contributed by atoms with Gasteiger partial charge in [0.1, 0.15) is 12.4 Å². The molecule has 0 saturated heterocycles. The molecule has 0 aromatic heterocycles. The van der Waals surface area contributed by atoms with Gasteiger partial charge in [-0.2, -0.15) is 0 Å². The van der Waals surface area contributed by atoms with Crippen molar-refractivity contribution in [1.29, 1.82) is 0 Å². The standard InChI is InChI=1S/C9H10INO/c1-6-7(10)2-3-8-9(6)11-4-5-12-8/h2-3,11H,4-5H2,1H3. The third-order valence-corrected chi connectivity index (χ3v) is 3.19. The first-order valence-corrected chi connectivity index (χ1v) is 5.02. The van der Waals surface area contributed by atoms with E-state index in [1.807, 2.05) is 6.07 Å². The van der Waals surface area contributed by atoms with Crippen LogP contribution in [-0.4, -0.2) is 13.2 Å². The molecule has 0 bridgehead atoms. The zero-order valence-corrected chi connectivity index (χ0v) is 9.01. The van der Waals surface area contributed by atoms with Crippen LogP contribution in [0.3, 0.4) is 0 Å². The molecule has 1 aliphatic rings. The highest BCUT2D eigenvalue weighted by Gasteiger charge is 2.12. The van der Waals surface area contributed by atoms with Gasteiger partial charge in [0.2, 0.25) is 0 Å². The Balaban J connectivity index is 2.54. The molecule has 1 aromatic carbocycles. The maximum Gasteiger partial charge on any atom is 0.142 e. The summed E-state index contributed by atoms with van der Waals surface area (Å²) < 4.78 is 6.78. The third-order valence-electron chi connectivity index (χ3n) is 2.02. The molecule has 0 unspecified atom stereocenters. The maximum atomic E-state index is 5.49. The minimum Gasteiger partial charge on any atom is -0.490 e. The van der Waals surface area contributed by atoms with Gasteiger partial charge in [0.05, 0.1) is 5.69 Å². The largest absolute Gasteiger partial charge is 0.490 e. The van der Waals surface area contributed by atoms with E-state index in [9.17, 15) is 0 Å². The SMILES string of the molecule is Cc1c(I)ccc2c1NCCO2. The molecule has 0 atom stereocenters. The predicted molar refractivity (Wildman–Crippen MR) is 57.9 cm³/mol. The van der Waals surface area contributed by atoms with Crippen LogP contribution in [0.2, 0.25) is 0 Å². The molecule has 0 spiro atoms. The van der Waals surface area contributed by atoms with Gasteiger partial charge >= 0.3 is 0 Å². The van der Waals surface area contributed by atoms with E-state index in [1.165, 1.54) is 9.13 Å². The molecular weight excluding hydrogens is 265 g/mol. The number of benzene rings is 1. The van der Waals surface area contributed by atoms with Crippen molar-refractivity contribution >= 4 is 28.3 Å². The predicted octanol–water partition coefficient (Wildman–Crippen LogP) is 2.40. The number of hydrogen-bond acceptors (Lipinski definition) is 2. The Morgan fingerprint density at radius 2 is 2.33 bits per heavy atom. The van der Waals surface area contributed by atoms with Gasteiger partial charge in [-0.05, 0) is 47.2 Å². The second-order valence-electron chi connectivity index (χ2n) is 2.82. The first-order chi connectivity index (χ1) is 5.79. The van der Waals surface area contributed by atoms with Crippen LogP contribution in [0.25, 0.3) is 0 Å². The molecule has 3 heteroatoms. The van der Waals surface area contributed by atoms with Crippen LogP contribution in [0.5, 0.6) is 5.75 Å². The van der Waals surface area contributed by atoms with Crippen molar-refractivity contribution in [1.82, 2.24) is 0 Å². The van der Waals surface area contributed by atoms with Gasteiger partial charge in [-0.25, -0.2) is 0 Å². The molecule has 0 radical (unpaired) electrons. The van der Waals surface area contributed by atoms with Crippen molar-refractivity contribution in [2.75, 3.05) is 18.5 Å². The topological polar surface area (TPSA) is 21.3 Å². The lowest BCUT2D eigenvalue weighted by atomic mass is 10.1. The van der Waals surface area contributed by atoms with Gasteiger partial charge in [0.25, 0.3) is 0 Å². The van der Waals surface area contributed by atoms with Gasteiger partial charge < -0.3 is 10.1 Å². The Labute approximate surface area is 85.4 Å². The van der Waals surface area contributed by atoms with E-state index in [0.717, 1.165) is 24.6 Å². The molecule has 0 aliphatic carbocycles. The highest BCUT2D eigenvalue weighted by Crippen LogP contribution is 2.32. The molecule has 1 N–H and O–H groups in total. The van der Waals surface area contributed by atoms with Gasteiger partial charge in [-0.1, -0.05) is 0 Å². The molecular formula is C9H10INO. The number of halogens is 1. The summed E-state index contributed by atoms with van der Waals surface area (Å²) in [4.78, 5) is 0. The third kappa shape index (κ3) is 1.26. The first-order valence-electron chi connectivity index (χ1n) is 3.95. The van der Waals surface area contributed by atoms with Crippen molar-refractivity contribution in [3.05, 3.63) is 21.3 Å². The number of ether oxygens (including phenoxy) is 1. The molecule has 2 nitrogen and oxygen atoms in total. The molecule has 0 saturated carbocycles. The summed E-state index contributed by atoms with van der Waals surface area (Å²) in [7, 11) is 0. The molecule has 0 fully saturated rings. The zero-order chi connectivity index (χ0) is 8.55. The molecule has 1 aromatic rings. The quantitative estimate of drug-likeness (QED) is 0.734. The maximum absolute atomic E-state index is 5.49. The van der Waals surface area contributed by atoms with E-state index in [2.05, 4.69) is 40.9 Å². The van der Waals surface area contributed by atoms with Crippen molar-refractivity contribution in [2.24, 2.45) is 0 Å². The highest BCUT2D eigenvalue weighted by atomic mass is 127. The zero-order valence-electron chi connectivity index (χ0n) is 6.86. The van der Waals surface area contributed by atoms with E-state index in [-0.39, 0.29) is 0 Å². The lowest BCUT2D eigenvalue weighted by Gasteiger charge is -2.21. The number of fused-ring (bicyclic) bond motifs is 1. The Hall–Kier alpha value is -0.450. The Morgan fingerprint density at radius 3 is 3.17 bits per heavy atom. The van der Waals surface area contributed by atoms with Crippen LogP contribution < -0.4 is 10.1 Å². The molecule has 1 heterocycles. The highest BCUT2D eigenvalue weighted by molar-refractivity contribution is 14.1.